The number of ether oxygens (including phenoxy) is 2. The Labute approximate surface area is 127 Å². The molecule has 3 nitrogen and oxygen atoms in total. The highest BCUT2D eigenvalue weighted by Gasteiger charge is 2.07. The van der Waals surface area contributed by atoms with E-state index in [-0.39, 0.29) is 13.2 Å². The maximum absolute atomic E-state index is 9.31. The van der Waals surface area contributed by atoms with Crippen molar-refractivity contribution >= 4 is 23.2 Å². The van der Waals surface area contributed by atoms with Gasteiger partial charge in [0.15, 0.2) is 0 Å². The van der Waals surface area contributed by atoms with Crippen molar-refractivity contribution in [2.45, 2.75) is 13.2 Å². The molecule has 0 saturated carbocycles. The third-order valence-corrected chi connectivity index (χ3v) is 3.43. The van der Waals surface area contributed by atoms with E-state index in [1.807, 2.05) is 6.07 Å². The molecule has 0 aromatic heterocycles. The average molecular weight is 313 g/mol. The molecule has 2 aromatic rings. The molecule has 2 rings (SSSR count). The van der Waals surface area contributed by atoms with Gasteiger partial charge in [-0.15, -0.1) is 0 Å². The van der Waals surface area contributed by atoms with Crippen LogP contribution in [0.2, 0.25) is 10.0 Å². The number of rotatable bonds is 5. The molecular weight excluding hydrogens is 299 g/mol. The minimum Gasteiger partial charge on any atom is -0.497 e. The largest absolute Gasteiger partial charge is 0.497 e. The molecule has 0 amide bonds. The molecule has 0 fully saturated rings. The highest BCUT2D eigenvalue weighted by atomic mass is 35.5. The van der Waals surface area contributed by atoms with Crippen molar-refractivity contribution in [1.29, 1.82) is 0 Å². The molecule has 0 unspecified atom stereocenters. The first-order valence-electron chi connectivity index (χ1n) is 5.98. The third-order valence-electron chi connectivity index (χ3n) is 2.84. The molecule has 0 aliphatic carbocycles. The van der Waals surface area contributed by atoms with Gasteiger partial charge in [0.05, 0.1) is 13.7 Å². The van der Waals surface area contributed by atoms with Gasteiger partial charge in [0, 0.05) is 27.2 Å². The summed E-state index contributed by atoms with van der Waals surface area (Å²) in [5.41, 5.74) is 1.51. The first-order chi connectivity index (χ1) is 9.63. The third kappa shape index (κ3) is 3.57. The first-order valence-corrected chi connectivity index (χ1v) is 6.74. The van der Waals surface area contributed by atoms with E-state index in [1.54, 1.807) is 37.4 Å². The van der Waals surface area contributed by atoms with Crippen LogP contribution < -0.4 is 9.47 Å². The molecule has 2 aromatic carbocycles. The van der Waals surface area contributed by atoms with Gasteiger partial charge in [-0.3, -0.25) is 0 Å². The Morgan fingerprint density at radius 3 is 2.45 bits per heavy atom. The molecule has 0 radical (unpaired) electrons. The van der Waals surface area contributed by atoms with E-state index in [2.05, 4.69) is 0 Å². The molecule has 0 saturated heterocycles. The van der Waals surface area contributed by atoms with E-state index in [9.17, 15) is 5.11 Å². The van der Waals surface area contributed by atoms with Crippen LogP contribution in [0, 0.1) is 0 Å². The number of hydrogen-bond donors (Lipinski definition) is 1. The number of benzene rings is 2. The summed E-state index contributed by atoms with van der Waals surface area (Å²) in [5.74, 6) is 1.23. The van der Waals surface area contributed by atoms with Crippen molar-refractivity contribution in [3.63, 3.8) is 0 Å². The van der Waals surface area contributed by atoms with Crippen LogP contribution in [-0.2, 0) is 13.2 Å². The summed E-state index contributed by atoms with van der Waals surface area (Å²) in [6.45, 7) is 0.184. The quantitative estimate of drug-likeness (QED) is 0.904. The number of halogens is 2. The van der Waals surface area contributed by atoms with E-state index in [4.69, 9.17) is 32.7 Å². The molecule has 20 heavy (non-hydrogen) atoms. The van der Waals surface area contributed by atoms with E-state index in [1.165, 1.54) is 0 Å². The van der Waals surface area contributed by atoms with Crippen LogP contribution >= 0.6 is 23.2 Å². The van der Waals surface area contributed by atoms with Gasteiger partial charge < -0.3 is 14.6 Å². The number of aliphatic hydroxyl groups is 1. The Hall–Kier alpha value is -1.42. The van der Waals surface area contributed by atoms with Gasteiger partial charge in [-0.1, -0.05) is 29.3 Å². The first kappa shape index (κ1) is 15.0. The summed E-state index contributed by atoms with van der Waals surface area (Å²) in [5, 5.41) is 10.4. The van der Waals surface area contributed by atoms with E-state index < -0.39 is 0 Å². The van der Waals surface area contributed by atoms with Gasteiger partial charge in [-0.2, -0.15) is 0 Å². The van der Waals surface area contributed by atoms with Crippen LogP contribution in [0.4, 0.5) is 0 Å². The van der Waals surface area contributed by atoms with E-state index in [0.29, 0.717) is 27.1 Å². The second kappa shape index (κ2) is 6.84. The highest BCUT2D eigenvalue weighted by molar-refractivity contribution is 6.35. The summed E-state index contributed by atoms with van der Waals surface area (Å²) >= 11 is 11.9. The maximum Gasteiger partial charge on any atom is 0.129 e. The molecule has 1 N–H and O–H groups in total. The Morgan fingerprint density at radius 1 is 1.05 bits per heavy atom. The topological polar surface area (TPSA) is 38.7 Å². The zero-order valence-electron chi connectivity index (χ0n) is 10.9. The minimum absolute atomic E-state index is 0.103. The predicted molar refractivity (Wildman–Crippen MR) is 79.7 cm³/mol. The van der Waals surface area contributed by atoms with Gasteiger partial charge in [0.25, 0.3) is 0 Å². The van der Waals surface area contributed by atoms with Crippen molar-refractivity contribution in [3.05, 3.63) is 57.6 Å². The molecule has 5 heteroatoms. The summed E-state index contributed by atoms with van der Waals surface area (Å²) in [6, 6.07) is 10.5. The SMILES string of the molecule is COc1ccc(CO)c(OCc2ccc(Cl)cc2Cl)c1. The zero-order chi connectivity index (χ0) is 14.5. The molecule has 0 spiro atoms. The lowest BCUT2D eigenvalue weighted by Crippen LogP contribution is -2.00. The lowest BCUT2D eigenvalue weighted by atomic mass is 10.2. The van der Waals surface area contributed by atoms with Gasteiger partial charge in [0.1, 0.15) is 18.1 Å². The van der Waals surface area contributed by atoms with Crippen LogP contribution in [0.5, 0.6) is 11.5 Å². The highest BCUT2D eigenvalue weighted by Crippen LogP contribution is 2.27. The standard InChI is InChI=1S/C15H14Cl2O3/c1-19-13-5-3-10(8-18)15(7-13)20-9-11-2-4-12(16)6-14(11)17/h2-7,18H,8-9H2,1H3. The normalized spacial score (nSPS) is 10.4. The van der Waals surface area contributed by atoms with Crippen LogP contribution in [0.1, 0.15) is 11.1 Å². The van der Waals surface area contributed by atoms with Crippen LogP contribution in [0.25, 0.3) is 0 Å². The summed E-state index contributed by atoms with van der Waals surface area (Å²) in [7, 11) is 1.58. The van der Waals surface area contributed by atoms with Crippen LogP contribution in [0.3, 0.4) is 0 Å². The Morgan fingerprint density at radius 2 is 1.80 bits per heavy atom. The predicted octanol–water partition coefficient (Wildman–Crippen LogP) is 4.07. The van der Waals surface area contributed by atoms with Gasteiger partial charge >= 0.3 is 0 Å². The molecule has 0 heterocycles. The van der Waals surface area contributed by atoms with Gasteiger partial charge in [0.2, 0.25) is 0 Å². The Balaban J connectivity index is 2.17. The average Bonchev–Trinajstić information content (AvgIpc) is 2.46. The molecule has 106 valence electrons. The lowest BCUT2D eigenvalue weighted by Gasteiger charge is -2.12. The summed E-state index contributed by atoms with van der Waals surface area (Å²) in [4.78, 5) is 0. The Kier molecular flexibility index (Phi) is 5.12. The number of hydrogen-bond acceptors (Lipinski definition) is 3. The van der Waals surface area contributed by atoms with Crippen molar-refractivity contribution in [3.8, 4) is 11.5 Å². The second-order valence-corrected chi connectivity index (χ2v) is 5.00. The number of aliphatic hydroxyl groups excluding tert-OH is 1. The fraction of sp³-hybridized carbons (Fsp3) is 0.200. The molecule has 0 bridgehead atoms. The van der Waals surface area contributed by atoms with Gasteiger partial charge in [-0.05, 0) is 24.3 Å². The van der Waals surface area contributed by atoms with E-state index >= 15 is 0 Å². The Bertz CT molecular complexity index is 600. The molecular formula is C15H14Cl2O3. The van der Waals surface area contributed by atoms with Gasteiger partial charge in [-0.25, -0.2) is 0 Å². The summed E-state index contributed by atoms with van der Waals surface area (Å²) in [6.07, 6.45) is 0. The van der Waals surface area contributed by atoms with Crippen molar-refractivity contribution in [2.24, 2.45) is 0 Å². The van der Waals surface area contributed by atoms with Crippen LogP contribution in [0.15, 0.2) is 36.4 Å². The minimum atomic E-state index is -0.103. The number of methoxy groups -OCH3 is 1. The zero-order valence-corrected chi connectivity index (χ0v) is 12.4. The summed E-state index contributed by atoms with van der Waals surface area (Å²) < 4.78 is 10.9. The van der Waals surface area contributed by atoms with Crippen molar-refractivity contribution in [1.82, 2.24) is 0 Å². The molecule has 0 atom stereocenters. The molecule has 0 aliphatic heterocycles. The van der Waals surface area contributed by atoms with E-state index in [0.717, 1.165) is 5.56 Å². The maximum atomic E-state index is 9.31. The van der Waals surface area contributed by atoms with Crippen molar-refractivity contribution in [2.75, 3.05) is 7.11 Å². The van der Waals surface area contributed by atoms with Crippen LogP contribution in [-0.4, -0.2) is 12.2 Å². The second-order valence-electron chi connectivity index (χ2n) is 4.16. The lowest BCUT2D eigenvalue weighted by molar-refractivity contribution is 0.258. The van der Waals surface area contributed by atoms with Crippen molar-refractivity contribution < 1.29 is 14.6 Å². The smallest absolute Gasteiger partial charge is 0.129 e. The fourth-order valence-corrected chi connectivity index (χ4v) is 2.18. The molecule has 0 aliphatic rings. The fourth-order valence-electron chi connectivity index (χ4n) is 1.72. The monoisotopic (exact) mass is 312 g/mol.